The van der Waals surface area contributed by atoms with Crippen LogP contribution in [0, 0.1) is 0 Å². The van der Waals surface area contributed by atoms with E-state index in [0.29, 0.717) is 17.6 Å². The number of nitrogens with zero attached hydrogens (tertiary/aromatic N) is 2. The Balaban J connectivity index is 3.10. The molecule has 0 saturated carbocycles. The zero-order valence-corrected chi connectivity index (χ0v) is 12.7. The lowest BCUT2D eigenvalue weighted by Gasteiger charge is -2.21. The second-order valence-electron chi connectivity index (χ2n) is 5.42. The zero-order valence-electron chi connectivity index (χ0n) is 12.0. The molecule has 0 spiro atoms. The summed E-state index contributed by atoms with van der Waals surface area (Å²) < 4.78 is 5.71. The molecule has 0 aliphatic rings. The maximum absolute atomic E-state index is 6.09. The summed E-state index contributed by atoms with van der Waals surface area (Å²) in [6.07, 6.45) is 1.89. The molecule has 102 valence electrons. The van der Waals surface area contributed by atoms with Crippen LogP contribution in [0.5, 0.6) is 0 Å². The van der Waals surface area contributed by atoms with Crippen molar-refractivity contribution in [3.63, 3.8) is 0 Å². The van der Waals surface area contributed by atoms with Gasteiger partial charge in [0.25, 0.3) is 0 Å². The first-order valence-corrected chi connectivity index (χ1v) is 6.92. The van der Waals surface area contributed by atoms with E-state index < -0.39 is 0 Å². The van der Waals surface area contributed by atoms with E-state index in [1.165, 1.54) is 0 Å². The van der Waals surface area contributed by atoms with Gasteiger partial charge in [0.2, 0.25) is 0 Å². The molecule has 0 radical (unpaired) electrons. The smallest absolute Gasteiger partial charge is 0.159 e. The largest absolute Gasteiger partial charge is 0.371 e. The Morgan fingerprint density at radius 2 is 1.94 bits per heavy atom. The van der Waals surface area contributed by atoms with Crippen molar-refractivity contribution in [3.8, 4) is 0 Å². The molecule has 0 aromatic carbocycles. The van der Waals surface area contributed by atoms with Gasteiger partial charge in [-0.3, -0.25) is 0 Å². The van der Waals surface area contributed by atoms with E-state index in [1.807, 2.05) is 13.0 Å². The fourth-order valence-electron chi connectivity index (χ4n) is 1.71. The minimum absolute atomic E-state index is 0.0374. The second-order valence-corrected chi connectivity index (χ2v) is 5.80. The standard InChI is InChI=1S/C14H23ClN2O/c1-6-8-10(18-7-2)13-16-11(14(3,4)5)9-12(15)17-13/h9-10H,6-8H2,1-5H3. The van der Waals surface area contributed by atoms with Crippen LogP contribution in [-0.2, 0) is 10.2 Å². The molecule has 3 nitrogen and oxygen atoms in total. The first kappa shape index (κ1) is 15.4. The SMILES string of the molecule is CCCC(OCC)c1nc(Cl)cc(C(C)(C)C)n1. The van der Waals surface area contributed by atoms with Crippen molar-refractivity contribution < 1.29 is 4.74 Å². The highest BCUT2D eigenvalue weighted by Gasteiger charge is 2.21. The summed E-state index contributed by atoms with van der Waals surface area (Å²) in [6, 6.07) is 1.83. The van der Waals surface area contributed by atoms with Crippen LogP contribution in [0.25, 0.3) is 0 Å². The van der Waals surface area contributed by atoms with Gasteiger partial charge in [-0.25, -0.2) is 9.97 Å². The van der Waals surface area contributed by atoms with Gasteiger partial charge in [0.05, 0.1) is 5.69 Å². The summed E-state index contributed by atoms with van der Waals surface area (Å²) in [5.74, 6) is 0.705. The molecule has 0 aliphatic heterocycles. The quantitative estimate of drug-likeness (QED) is 0.748. The van der Waals surface area contributed by atoms with Crippen LogP contribution in [0.1, 0.15) is 65.1 Å². The van der Waals surface area contributed by atoms with Gasteiger partial charge >= 0.3 is 0 Å². The third kappa shape index (κ3) is 4.21. The Morgan fingerprint density at radius 1 is 1.28 bits per heavy atom. The van der Waals surface area contributed by atoms with Gasteiger partial charge in [0, 0.05) is 12.0 Å². The Morgan fingerprint density at radius 3 is 2.44 bits per heavy atom. The highest BCUT2D eigenvalue weighted by Crippen LogP contribution is 2.26. The van der Waals surface area contributed by atoms with Gasteiger partial charge in [-0.1, -0.05) is 45.7 Å². The molecule has 0 fully saturated rings. The number of hydrogen-bond donors (Lipinski definition) is 0. The molecular weight excluding hydrogens is 248 g/mol. The molecule has 1 heterocycles. The Bertz CT molecular complexity index is 382. The molecular formula is C14H23ClN2O. The third-order valence-electron chi connectivity index (χ3n) is 2.69. The van der Waals surface area contributed by atoms with Gasteiger partial charge in [-0.15, -0.1) is 0 Å². The first-order valence-electron chi connectivity index (χ1n) is 6.55. The van der Waals surface area contributed by atoms with Crippen LogP contribution >= 0.6 is 11.6 Å². The van der Waals surface area contributed by atoms with E-state index in [4.69, 9.17) is 16.3 Å². The highest BCUT2D eigenvalue weighted by atomic mass is 35.5. The monoisotopic (exact) mass is 270 g/mol. The molecule has 0 saturated heterocycles. The molecule has 1 atom stereocenters. The van der Waals surface area contributed by atoms with E-state index in [-0.39, 0.29) is 11.5 Å². The topological polar surface area (TPSA) is 35.0 Å². The molecule has 1 aromatic rings. The minimum Gasteiger partial charge on any atom is -0.371 e. The molecule has 0 bridgehead atoms. The van der Waals surface area contributed by atoms with Crippen molar-refractivity contribution in [1.29, 1.82) is 0 Å². The van der Waals surface area contributed by atoms with Crippen LogP contribution in [0.3, 0.4) is 0 Å². The summed E-state index contributed by atoms with van der Waals surface area (Å²) in [5.41, 5.74) is 0.919. The van der Waals surface area contributed by atoms with Crippen molar-refractivity contribution in [2.24, 2.45) is 0 Å². The summed E-state index contributed by atoms with van der Waals surface area (Å²) in [7, 11) is 0. The van der Waals surface area contributed by atoms with Crippen LogP contribution < -0.4 is 0 Å². The van der Waals surface area contributed by atoms with Crippen molar-refractivity contribution in [3.05, 3.63) is 22.7 Å². The van der Waals surface area contributed by atoms with Gasteiger partial charge in [0.1, 0.15) is 11.3 Å². The number of rotatable bonds is 5. The fraction of sp³-hybridized carbons (Fsp3) is 0.714. The predicted molar refractivity (Wildman–Crippen MR) is 75.0 cm³/mol. The average molecular weight is 271 g/mol. The normalized spacial score (nSPS) is 13.7. The summed E-state index contributed by atoms with van der Waals surface area (Å²) >= 11 is 6.09. The summed E-state index contributed by atoms with van der Waals surface area (Å²) in [4.78, 5) is 8.94. The lowest BCUT2D eigenvalue weighted by atomic mass is 9.92. The lowest BCUT2D eigenvalue weighted by Crippen LogP contribution is -2.17. The second kappa shape index (κ2) is 6.48. The van der Waals surface area contributed by atoms with Crippen molar-refractivity contribution in [1.82, 2.24) is 9.97 Å². The maximum Gasteiger partial charge on any atom is 0.159 e. The van der Waals surface area contributed by atoms with Crippen LogP contribution in [0.2, 0.25) is 5.15 Å². The lowest BCUT2D eigenvalue weighted by molar-refractivity contribution is 0.0491. The van der Waals surface area contributed by atoms with E-state index >= 15 is 0 Å². The van der Waals surface area contributed by atoms with Gasteiger partial charge in [0.15, 0.2) is 5.82 Å². The average Bonchev–Trinajstić information content (AvgIpc) is 2.27. The summed E-state index contributed by atoms with van der Waals surface area (Å²) in [5, 5.41) is 0.491. The van der Waals surface area contributed by atoms with Crippen molar-refractivity contribution >= 4 is 11.6 Å². The molecule has 1 aromatic heterocycles. The van der Waals surface area contributed by atoms with E-state index in [2.05, 4.69) is 37.7 Å². The number of aromatic nitrogens is 2. The molecule has 1 unspecified atom stereocenters. The molecule has 4 heteroatoms. The van der Waals surface area contributed by atoms with Gasteiger partial charge in [-0.05, 0) is 19.4 Å². The molecule has 0 amide bonds. The third-order valence-corrected chi connectivity index (χ3v) is 2.88. The van der Waals surface area contributed by atoms with Crippen molar-refractivity contribution in [2.75, 3.05) is 6.61 Å². The molecule has 1 rings (SSSR count). The molecule has 18 heavy (non-hydrogen) atoms. The molecule has 0 aliphatic carbocycles. The van der Waals surface area contributed by atoms with Crippen LogP contribution in [0.4, 0.5) is 0 Å². The van der Waals surface area contributed by atoms with E-state index in [9.17, 15) is 0 Å². The Labute approximate surface area is 115 Å². The predicted octanol–water partition coefficient (Wildman–Crippen LogP) is 4.31. The maximum atomic E-state index is 6.09. The first-order chi connectivity index (χ1) is 8.38. The van der Waals surface area contributed by atoms with Crippen LogP contribution in [-0.4, -0.2) is 16.6 Å². The zero-order chi connectivity index (χ0) is 13.8. The Kier molecular flexibility index (Phi) is 5.54. The Hall–Kier alpha value is -0.670. The van der Waals surface area contributed by atoms with E-state index in [1.54, 1.807) is 0 Å². The number of hydrogen-bond acceptors (Lipinski definition) is 3. The van der Waals surface area contributed by atoms with E-state index in [0.717, 1.165) is 18.5 Å². The molecule has 0 N–H and O–H groups in total. The highest BCUT2D eigenvalue weighted by molar-refractivity contribution is 6.29. The fourth-order valence-corrected chi connectivity index (χ4v) is 1.90. The van der Waals surface area contributed by atoms with Gasteiger partial charge in [-0.2, -0.15) is 0 Å². The number of ether oxygens (including phenoxy) is 1. The summed E-state index contributed by atoms with van der Waals surface area (Å²) in [6.45, 7) is 11.1. The number of halogens is 1. The van der Waals surface area contributed by atoms with Crippen molar-refractivity contribution in [2.45, 2.75) is 59.0 Å². The minimum atomic E-state index is -0.0557. The van der Waals surface area contributed by atoms with Crippen LogP contribution in [0.15, 0.2) is 6.07 Å². The van der Waals surface area contributed by atoms with Gasteiger partial charge < -0.3 is 4.74 Å².